The molecule has 0 bridgehead atoms. The van der Waals surface area contributed by atoms with E-state index in [0.717, 1.165) is 4.47 Å². The summed E-state index contributed by atoms with van der Waals surface area (Å²) in [6.45, 7) is 4.58. The minimum absolute atomic E-state index is 0.0734. The lowest BCUT2D eigenvalue weighted by Crippen LogP contribution is -2.48. The van der Waals surface area contributed by atoms with Crippen molar-refractivity contribution in [3.8, 4) is 0 Å². The summed E-state index contributed by atoms with van der Waals surface area (Å²) < 4.78 is 32.8. The van der Waals surface area contributed by atoms with E-state index in [4.69, 9.17) is 4.74 Å². The second-order valence-electron chi connectivity index (χ2n) is 4.54. The predicted octanol–water partition coefficient (Wildman–Crippen LogP) is 2.25. The minimum atomic E-state index is -3.43. The molecule has 0 unspecified atom stereocenters. The van der Waals surface area contributed by atoms with Crippen molar-refractivity contribution in [1.29, 1.82) is 0 Å². The highest BCUT2D eigenvalue weighted by Gasteiger charge is 2.32. The van der Waals surface area contributed by atoms with Gasteiger partial charge in [-0.05, 0) is 32.0 Å². The van der Waals surface area contributed by atoms with E-state index < -0.39 is 10.0 Å². The molecule has 1 heterocycles. The first kappa shape index (κ1) is 14.0. The third kappa shape index (κ3) is 2.93. The Balaban J connectivity index is 2.31. The minimum Gasteiger partial charge on any atom is -0.373 e. The molecule has 1 aliphatic heterocycles. The molecule has 1 aliphatic rings. The molecule has 1 aromatic carbocycles. The Hall–Kier alpha value is -0.430. The second-order valence-corrected chi connectivity index (χ2v) is 7.39. The standard InChI is InChI=1S/C12H16BrNO3S/c1-9-7-14(8-10(2)17-9)18(15,16)12-5-3-4-11(13)6-12/h3-6,9-10H,7-8H2,1-2H3/t9-,10-/m0/s1. The largest absolute Gasteiger partial charge is 0.373 e. The highest BCUT2D eigenvalue weighted by molar-refractivity contribution is 9.10. The average molecular weight is 334 g/mol. The molecule has 0 radical (unpaired) electrons. The van der Waals surface area contributed by atoms with E-state index in [9.17, 15) is 8.42 Å². The highest BCUT2D eigenvalue weighted by Crippen LogP contribution is 2.23. The maximum atomic E-state index is 12.5. The van der Waals surface area contributed by atoms with Gasteiger partial charge >= 0.3 is 0 Å². The molecular weight excluding hydrogens is 318 g/mol. The predicted molar refractivity (Wildman–Crippen MR) is 72.9 cm³/mol. The summed E-state index contributed by atoms with van der Waals surface area (Å²) in [6.07, 6.45) is -0.147. The maximum Gasteiger partial charge on any atom is 0.243 e. The van der Waals surface area contributed by atoms with Crippen LogP contribution < -0.4 is 0 Å². The van der Waals surface area contributed by atoms with E-state index >= 15 is 0 Å². The Labute approximate surface area is 116 Å². The molecule has 0 amide bonds. The van der Waals surface area contributed by atoms with Crippen LogP contribution in [0.3, 0.4) is 0 Å². The molecule has 1 fully saturated rings. The van der Waals surface area contributed by atoms with Gasteiger partial charge in [0.25, 0.3) is 0 Å². The number of morpholine rings is 1. The van der Waals surface area contributed by atoms with E-state index in [1.807, 2.05) is 19.9 Å². The zero-order valence-electron chi connectivity index (χ0n) is 10.3. The van der Waals surface area contributed by atoms with Crippen molar-refractivity contribution in [1.82, 2.24) is 4.31 Å². The molecule has 2 rings (SSSR count). The van der Waals surface area contributed by atoms with Gasteiger partial charge < -0.3 is 4.74 Å². The lowest BCUT2D eigenvalue weighted by molar-refractivity contribution is -0.0440. The summed E-state index contributed by atoms with van der Waals surface area (Å²) in [4.78, 5) is 0.318. The number of halogens is 1. The first-order valence-corrected chi connectivity index (χ1v) is 8.04. The third-order valence-corrected chi connectivity index (χ3v) is 5.14. The monoisotopic (exact) mass is 333 g/mol. The summed E-state index contributed by atoms with van der Waals surface area (Å²) in [6, 6.07) is 6.78. The average Bonchev–Trinajstić information content (AvgIpc) is 2.27. The van der Waals surface area contributed by atoms with Crippen molar-refractivity contribution in [2.24, 2.45) is 0 Å². The van der Waals surface area contributed by atoms with Crippen molar-refractivity contribution >= 4 is 26.0 Å². The molecule has 6 heteroatoms. The van der Waals surface area contributed by atoms with E-state index in [1.54, 1.807) is 18.2 Å². The molecule has 0 N–H and O–H groups in total. The molecule has 1 aromatic rings. The Morgan fingerprint density at radius 1 is 1.28 bits per heavy atom. The summed E-state index contributed by atoms with van der Waals surface area (Å²) in [7, 11) is -3.43. The van der Waals surface area contributed by atoms with Gasteiger partial charge in [-0.15, -0.1) is 0 Å². The highest BCUT2D eigenvalue weighted by atomic mass is 79.9. The number of hydrogen-bond donors (Lipinski definition) is 0. The van der Waals surface area contributed by atoms with Crippen molar-refractivity contribution in [2.45, 2.75) is 31.0 Å². The van der Waals surface area contributed by atoms with Crippen molar-refractivity contribution < 1.29 is 13.2 Å². The first-order chi connectivity index (χ1) is 8.39. The molecular formula is C12H16BrNO3S. The van der Waals surface area contributed by atoms with Gasteiger partial charge in [-0.25, -0.2) is 8.42 Å². The lowest BCUT2D eigenvalue weighted by atomic mass is 10.3. The first-order valence-electron chi connectivity index (χ1n) is 5.81. The molecule has 2 atom stereocenters. The van der Waals surface area contributed by atoms with E-state index in [1.165, 1.54) is 4.31 Å². The van der Waals surface area contributed by atoms with Crippen LogP contribution in [0.4, 0.5) is 0 Å². The van der Waals surface area contributed by atoms with Crippen LogP contribution in [0.25, 0.3) is 0 Å². The zero-order valence-corrected chi connectivity index (χ0v) is 12.7. The molecule has 1 saturated heterocycles. The second kappa shape index (κ2) is 5.28. The van der Waals surface area contributed by atoms with Crippen LogP contribution in [0.1, 0.15) is 13.8 Å². The van der Waals surface area contributed by atoms with Crippen molar-refractivity contribution in [3.63, 3.8) is 0 Å². The molecule has 4 nitrogen and oxygen atoms in total. The van der Waals surface area contributed by atoms with Crippen LogP contribution in [-0.2, 0) is 14.8 Å². The van der Waals surface area contributed by atoms with Gasteiger partial charge in [0.2, 0.25) is 10.0 Å². The third-order valence-electron chi connectivity index (χ3n) is 2.82. The topological polar surface area (TPSA) is 46.6 Å². The smallest absolute Gasteiger partial charge is 0.243 e. The van der Waals surface area contributed by atoms with E-state index in [2.05, 4.69) is 15.9 Å². The molecule has 0 spiro atoms. The Morgan fingerprint density at radius 2 is 1.89 bits per heavy atom. The number of sulfonamides is 1. The van der Waals surface area contributed by atoms with Crippen molar-refractivity contribution in [3.05, 3.63) is 28.7 Å². The molecule has 0 aliphatic carbocycles. The number of benzene rings is 1. The van der Waals surface area contributed by atoms with Crippen LogP contribution in [0, 0.1) is 0 Å². The fraction of sp³-hybridized carbons (Fsp3) is 0.500. The van der Waals surface area contributed by atoms with Gasteiger partial charge in [-0.3, -0.25) is 0 Å². The Morgan fingerprint density at radius 3 is 2.44 bits per heavy atom. The fourth-order valence-electron chi connectivity index (χ4n) is 2.10. The van der Waals surface area contributed by atoms with Gasteiger partial charge in [0.05, 0.1) is 17.1 Å². The van der Waals surface area contributed by atoms with Gasteiger partial charge in [-0.1, -0.05) is 22.0 Å². The molecule has 0 saturated carbocycles. The maximum absolute atomic E-state index is 12.5. The Kier molecular flexibility index (Phi) is 4.11. The van der Waals surface area contributed by atoms with Crippen LogP contribution in [-0.4, -0.2) is 38.0 Å². The SMILES string of the molecule is C[C@H]1CN(S(=O)(=O)c2cccc(Br)c2)C[C@H](C)O1. The lowest BCUT2D eigenvalue weighted by Gasteiger charge is -2.34. The number of nitrogens with zero attached hydrogens (tertiary/aromatic N) is 1. The molecule has 0 aromatic heterocycles. The summed E-state index contributed by atoms with van der Waals surface area (Å²) in [5.74, 6) is 0. The molecule has 18 heavy (non-hydrogen) atoms. The van der Waals surface area contributed by atoms with E-state index in [0.29, 0.717) is 18.0 Å². The van der Waals surface area contributed by atoms with Crippen LogP contribution in [0.15, 0.2) is 33.6 Å². The van der Waals surface area contributed by atoms with E-state index in [-0.39, 0.29) is 12.2 Å². The van der Waals surface area contributed by atoms with Gasteiger partial charge in [0, 0.05) is 17.6 Å². The van der Waals surface area contributed by atoms with Gasteiger partial charge in [0.15, 0.2) is 0 Å². The quantitative estimate of drug-likeness (QED) is 0.833. The summed E-state index contributed by atoms with van der Waals surface area (Å²) in [5, 5.41) is 0. The Bertz CT molecular complexity index is 522. The van der Waals surface area contributed by atoms with Gasteiger partial charge in [0.1, 0.15) is 0 Å². The zero-order chi connectivity index (χ0) is 13.3. The fourth-order valence-corrected chi connectivity index (χ4v) is 4.29. The van der Waals surface area contributed by atoms with Crippen molar-refractivity contribution in [2.75, 3.05) is 13.1 Å². The number of ether oxygens (including phenoxy) is 1. The normalized spacial score (nSPS) is 26.2. The van der Waals surface area contributed by atoms with Crippen LogP contribution in [0.2, 0.25) is 0 Å². The number of hydrogen-bond acceptors (Lipinski definition) is 3. The number of rotatable bonds is 2. The summed E-state index contributed by atoms with van der Waals surface area (Å²) >= 11 is 3.29. The van der Waals surface area contributed by atoms with Gasteiger partial charge in [-0.2, -0.15) is 4.31 Å². The van der Waals surface area contributed by atoms with Crippen LogP contribution in [0.5, 0.6) is 0 Å². The summed E-state index contributed by atoms with van der Waals surface area (Å²) in [5.41, 5.74) is 0. The van der Waals surface area contributed by atoms with Crippen LogP contribution >= 0.6 is 15.9 Å². The molecule has 100 valence electrons.